The van der Waals surface area contributed by atoms with Crippen LogP contribution in [0.4, 0.5) is 0 Å². The minimum Gasteiger partial charge on any atom is -0.412 e. The fourth-order valence-corrected chi connectivity index (χ4v) is 0. The molecule has 0 aromatic heterocycles. The van der Waals surface area contributed by atoms with Gasteiger partial charge in [-0.3, -0.25) is 0 Å². The first kappa shape index (κ1) is 83.1. The Bertz CT molecular complexity index is 32.2. The van der Waals surface area contributed by atoms with Gasteiger partial charge in [-0.15, -0.1) is 0 Å². The second-order valence-electron chi connectivity index (χ2n) is 0.224. The van der Waals surface area contributed by atoms with Gasteiger partial charge in [0.05, 0.1) is 5.09 Å². The number of rotatable bonds is 0. The predicted molar refractivity (Wildman–Crippen MR) is 28.4 cm³/mol. The van der Waals surface area contributed by atoms with Crippen LogP contribution >= 0.6 is 0 Å². The molecule has 0 aromatic carbocycles. The van der Waals surface area contributed by atoms with Crippen LogP contribution in [0.3, 0.4) is 0 Å². The molecule has 10 N–H and O–H groups in total. The van der Waals surface area contributed by atoms with Crippen LogP contribution in [0.5, 0.6) is 0 Å². The molecule has 0 unspecified atom stereocenters. The third-order valence-electron chi connectivity index (χ3n) is 0. The van der Waals surface area contributed by atoms with Gasteiger partial charge in [-0.1, -0.05) is 0 Å². The zero-order valence-corrected chi connectivity index (χ0v) is 6.31. The molecule has 0 aliphatic rings. The molecule has 0 fully saturated rings. The fourth-order valence-electron chi connectivity index (χ4n) is 0. The molecular formula is H10ErNO8-. The molecule has 76 valence electrons. The number of hydrogen-bond donors (Lipinski definition) is 0. The van der Waals surface area contributed by atoms with E-state index in [2.05, 4.69) is 0 Å². The van der Waals surface area contributed by atoms with Gasteiger partial charge >= 0.3 is 0 Å². The third-order valence-corrected chi connectivity index (χ3v) is 0. The summed E-state index contributed by atoms with van der Waals surface area (Å²) in [7, 11) is 0. The van der Waals surface area contributed by atoms with Crippen molar-refractivity contribution in [1.82, 2.24) is 0 Å². The van der Waals surface area contributed by atoms with E-state index in [1.165, 1.54) is 0 Å². The van der Waals surface area contributed by atoms with Crippen molar-refractivity contribution in [2.45, 2.75) is 0 Å². The van der Waals surface area contributed by atoms with Crippen molar-refractivity contribution in [1.29, 1.82) is 0 Å². The Morgan fingerprint density at radius 1 is 0.800 bits per heavy atom. The molecule has 0 aliphatic heterocycles. The average Bonchev–Trinajstić information content (AvgIpc) is 0.811. The Labute approximate surface area is 84.9 Å². The van der Waals surface area contributed by atoms with Crippen molar-refractivity contribution in [3.8, 4) is 0 Å². The first-order valence-electron chi connectivity index (χ1n) is 0.548. The maximum Gasteiger partial charge on any atom is 0.0689 e. The molecule has 10 heavy (non-hydrogen) atoms. The molecule has 10 heteroatoms. The van der Waals surface area contributed by atoms with E-state index < -0.39 is 5.09 Å². The molecule has 0 saturated heterocycles. The predicted octanol–water partition coefficient (Wildman–Crippen LogP) is -4.36. The summed E-state index contributed by atoms with van der Waals surface area (Å²) >= 11 is 0. The summed E-state index contributed by atoms with van der Waals surface area (Å²) in [6.45, 7) is 0. The van der Waals surface area contributed by atoms with Crippen molar-refractivity contribution in [2.75, 3.05) is 0 Å². The molecule has 0 aromatic rings. The van der Waals surface area contributed by atoms with E-state index >= 15 is 0 Å². The maximum atomic E-state index is 8.25. The summed E-state index contributed by atoms with van der Waals surface area (Å²) in [5, 5.41) is 14.8. The van der Waals surface area contributed by atoms with E-state index in [1.807, 2.05) is 0 Å². The summed E-state index contributed by atoms with van der Waals surface area (Å²) in [6.07, 6.45) is 0. The Morgan fingerprint density at radius 2 is 0.800 bits per heavy atom. The summed E-state index contributed by atoms with van der Waals surface area (Å²) < 4.78 is 0. The van der Waals surface area contributed by atoms with Crippen LogP contribution in [-0.2, 0) is 0 Å². The van der Waals surface area contributed by atoms with Gasteiger partial charge in [-0.05, 0) is 0 Å². The van der Waals surface area contributed by atoms with Crippen LogP contribution < -0.4 is 0 Å². The second-order valence-corrected chi connectivity index (χ2v) is 0.224. The maximum absolute atomic E-state index is 8.25. The van der Waals surface area contributed by atoms with Crippen LogP contribution in [-0.4, -0.2) is 32.5 Å². The molecule has 0 spiro atoms. The van der Waals surface area contributed by atoms with Crippen molar-refractivity contribution in [2.24, 2.45) is 0 Å². The second kappa shape index (κ2) is 59.7. The standard InChI is InChI=1S/Er.NO3.5H2O/c;2-1(3)4;;;;;/h;;5*1H2/q;-1;;;;;. The monoisotopic (exact) mass is 318 g/mol. The average molecular weight is 319 g/mol. The van der Waals surface area contributed by atoms with E-state index in [1.54, 1.807) is 0 Å². The summed E-state index contributed by atoms with van der Waals surface area (Å²) in [4.78, 5) is 8.25. The van der Waals surface area contributed by atoms with Crippen LogP contribution in [0.15, 0.2) is 0 Å². The van der Waals surface area contributed by atoms with Crippen LogP contribution in [0.1, 0.15) is 0 Å². The van der Waals surface area contributed by atoms with E-state index in [0.717, 1.165) is 0 Å². The van der Waals surface area contributed by atoms with Gasteiger partial charge in [-0.25, -0.2) is 0 Å². The SMILES string of the molecule is O.O.O.O.O.O=[N+]([O-])[O-].[Er]. The summed E-state index contributed by atoms with van der Waals surface area (Å²) in [6, 6.07) is 0. The normalized spacial score (nSPS) is 2.40. The third kappa shape index (κ3) is 7110. The van der Waals surface area contributed by atoms with E-state index in [0.29, 0.717) is 0 Å². The first-order chi connectivity index (χ1) is 1.73. The van der Waals surface area contributed by atoms with Crippen LogP contribution in [0.25, 0.3) is 0 Å². The molecule has 0 rings (SSSR count). The van der Waals surface area contributed by atoms with Gasteiger partial charge in [0.25, 0.3) is 0 Å². The minimum absolute atomic E-state index is 0. The first-order valence-corrected chi connectivity index (χ1v) is 0.548. The largest absolute Gasteiger partial charge is 0.412 e. The topological polar surface area (TPSA) is 224 Å². The molecule has 0 saturated carbocycles. The molecule has 0 bridgehead atoms. The van der Waals surface area contributed by atoms with Gasteiger partial charge in [-0.2, -0.15) is 0 Å². The van der Waals surface area contributed by atoms with Gasteiger partial charge < -0.3 is 42.7 Å². The zero-order chi connectivity index (χ0) is 3.58. The van der Waals surface area contributed by atoms with Gasteiger partial charge in [0.1, 0.15) is 0 Å². The van der Waals surface area contributed by atoms with Crippen LogP contribution in [0.2, 0.25) is 0 Å². The van der Waals surface area contributed by atoms with E-state index in [9.17, 15) is 0 Å². The van der Waals surface area contributed by atoms with Crippen LogP contribution in [0, 0.1) is 52.6 Å². The molecule has 0 amide bonds. The Morgan fingerprint density at radius 3 is 0.800 bits per heavy atom. The van der Waals surface area contributed by atoms with Gasteiger partial charge in [0, 0.05) is 37.3 Å². The zero-order valence-electron chi connectivity index (χ0n) is 4.46. The molecular weight excluding hydrogens is 309 g/mol. The smallest absolute Gasteiger partial charge is 0.0689 e. The molecule has 9 nitrogen and oxygen atoms in total. The summed E-state index contributed by atoms with van der Waals surface area (Å²) in [5.41, 5.74) is 0. The van der Waals surface area contributed by atoms with Gasteiger partial charge in [0.2, 0.25) is 0 Å². The van der Waals surface area contributed by atoms with Gasteiger partial charge in [0.15, 0.2) is 0 Å². The molecule has 0 radical (unpaired) electrons. The quantitative estimate of drug-likeness (QED) is 0.319. The summed E-state index contributed by atoms with van der Waals surface area (Å²) in [5.74, 6) is 0. The van der Waals surface area contributed by atoms with Crippen molar-refractivity contribution in [3.63, 3.8) is 0 Å². The van der Waals surface area contributed by atoms with E-state index in [-0.39, 0.29) is 64.7 Å². The Kier molecular flexibility index (Phi) is 496. The number of nitrogens with zero attached hydrogens (tertiary/aromatic N) is 1. The molecule has 0 aliphatic carbocycles. The molecule has 0 heterocycles. The van der Waals surface area contributed by atoms with Crippen molar-refractivity contribution < 1.29 is 69.8 Å². The van der Waals surface area contributed by atoms with Crippen molar-refractivity contribution >= 4 is 0 Å². The van der Waals surface area contributed by atoms with E-state index in [4.69, 9.17) is 15.3 Å². The Hall–Kier alpha value is 0.247. The number of hydrogen-bond acceptors (Lipinski definition) is 3. The molecule has 0 atom stereocenters. The minimum atomic E-state index is -1.75. The fraction of sp³-hybridized carbons (Fsp3) is 0. The van der Waals surface area contributed by atoms with Crippen molar-refractivity contribution in [3.05, 3.63) is 15.3 Å². The Balaban J connectivity index is -0.00000000300.